The molecule has 0 bridgehead atoms. The number of nitrogens with two attached hydrogens (primary N) is 1. The number of likely N-dealkylation sites (tertiary alicyclic amines) is 1. The summed E-state index contributed by atoms with van der Waals surface area (Å²) in [5.74, 6) is -0.857. The van der Waals surface area contributed by atoms with Gasteiger partial charge in [0.1, 0.15) is 6.04 Å². The zero-order chi connectivity index (χ0) is 16.8. The Hall–Kier alpha value is -2.77. The van der Waals surface area contributed by atoms with E-state index in [1.54, 1.807) is 31.2 Å². The number of hydrogen-bond donors (Lipinski definition) is 3. The van der Waals surface area contributed by atoms with Crippen molar-refractivity contribution < 1.29 is 19.1 Å². The highest BCUT2D eigenvalue weighted by Gasteiger charge is 2.33. The summed E-state index contributed by atoms with van der Waals surface area (Å²) < 4.78 is 4.96. The van der Waals surface area contributed by atoms with Gasteiger partial charge in [-0.25, -0.2) is 9.59 Å². The molecule has 4 N–H and O–H groups in total. The van der Waals surface area contributed by atoms with E-state index in [1.807, 2.05) is 0 Å². The van der Waals surface area contributed by atoms with E-state index < -0.39 is 18.0 Å². The number of hydrogen-bond acceptors (Lipinski definition) is 5. The molecule has 0 aromatic heterocycles. The van der Waals surface area contributed by atoms with Crippen molar-refractivity contribution in [3.63, 3.8) is 0 Å². The fourth-order valence-corrected chi connectivity index (χ4v) is 2.49. The number of nitrogens with zero attached hydrogens (tertiary/aromatic N) is 1. The normalized spacial score (nSPS) is 16.7. The van der Waals surface area contributed by atoms with E-state index in [9.17, 15) is 14.4 Å². The third kappa shape index (κ3) is 3.91. The molecule has 23 heavy (non-hydrogen) atoms. The highest BCUT2D eigenvalue weighted by Crippen LogP contribution is 2.18. The number of carbonyl (C=O) groups is 3. The van der Waals surface area contributed by atoms with Crippen LogP contribution in [0.15, 0.2) is 24.3 Å². The van der Waals surface area contributed by atoms with Gasteiger partial charge in [0.05, 0.1) is 17.9 Å². The average Bonchev–Trinajstić information content (AvgIpc) is 3.03. The summed E-state index contributed by atoms with van der Waals surface area (Å²) in [6, 6.07) is 5.45. The Bertz CT molecular complexity index is 605. The van der Waals surface area contributed by atoms with Crippen LogP contribution in [0.4, 0.5) is 10.5 Å². The topological polar surface area (TPSA) is 114 Å². The number of rotatable bonds is 5. The Labute approximate surface area is 133 Å². The lowest BCUT2D eigenvalue weighted by Gasteiger charge is -2.22. The van der Waals surface area contributed by atoms with Gasteiger partial charge in [-0.05, 0) is 31.9 Å². The monoisotopic (exact) mass is 320 g/mol. The number of benzene rings is 1. The Morgan fingerprint density at radius 3 is 2.78 bits per heavy atom. The van der Waals surface area contributed by atoms with Gasteiger partial charge in [0.25, 0.3) is 5.91 Å². The molecule has 1 heterocycles. The second kappa shape index (κ2) is 7.48. The molecular weight excluding hydrogens is 300 g/mol. The number of amides is 3. The second-order valence-electron chi connectivity index (χ2n) is 5.07. The van der Waals surface area contributed by atoms with Crippen molar-refractivity contribution in [2.75, 3.05) is 18.6 Å². The molecule has 1 fully saturated rings. The second-order valence-corrected chi connectivity index (χ2v) is 5.07. The van der Waals surface area contributed by atoms with Crippen LogP contribution in [0.3, 0.4) is 0 Å². The number of urea groups is 1. The van der Waals surface area contributed by atoms with Gasteiger partial charge in [-0.2, -0.15) is 0 Å². The minimum atomic E-state index is -0.616. The summed E-state index contributed by atoms with van der Waals surface area (Å²) in [5, 5.41) is 0. The summed E-state index contributed by atoms with van der Waals surface area (Å²) in [4.78, 5) is 36.7. The number of primary amides is 1. The van der Waals surface area contributed by atoms with E-state index in [2.05, 4.69) is 10.9 Å². The van der Waals surface area contributed by atoms with Gasteiger partial charge < -0.3 is 15.4 Å². The van der Waals surface area contributed by atoms with E-state index in [-0.39, 0.29) is 12.5 Å². The van der Waals surface area contributed by atoms with Crippen molar-refractivity contribution in [3.05, 3.63) is 29.8 Å². The van der Waals surface area contributed by atoms with Crippen molar-refractivity contribution in [2.24, 2.45) is 5.73 Å². The van der Waals surface area contributed by atoms with Gasteiger partial charge >= 0.3 is 12.0 Å². The molecule has 1 aliphatic heterocycles. The van der Waals surface area contributed by atoms with Crippen LogP contribution in [-0.4, -0.2) is 42.0 Å². The third-order valence-electron chi connectivity index (χ3n) is 3.58. The first-order chi connectivity index (χ1) is 11.0. The molecule has 1 aromatic rings. The van der Waals surface area contributed by atoms with Crippen LogP contribution in [-0.2, 0) is 9.53 Å². The number of nitrogens with one attached hydrogen (secondary N) is 2. The fraction of sp³-hybridized carbons (Fsp3) is 0.400. The molecule has 124 valence electrons. The maximum Gasteiger partial charge on any atom is 0.340 e. The number of para-hydroxylation sites is 1. The molecule has 2 rings (SSSR count). The van der Waals surface area contributed by atoms with Crippen LogP contribution in [0.25, 0.3) is 0 Å². The predicted octanol–water partition coefficient (Wildman–Crippen LogP) is 0.850. The molecule has 0 radical (unpaired) electrons. The lowest BCUT2D eigenvalue weighted by atomic mass is 10.2. The molecule has 1 saturated heterocycles. The molecule has 8 nitrogen and oxygen atoms in total. The van der Waals surface area contributed by atoms with Crippen molar-refractivity contribution >= 4 is 23.6 Å². The SMILES string of the molecule is CCOC(=O)c1ccccc1NNC(=O)[C@@H]1CCCN1C(N)=O. The van der Waals surface area contributed by atoms with Crippen molar-refractivity contribution in [1.29, 1.82) is 0 Å². The van der Waals surface area contributed by atoms with Gasteiger partial charge in [-0.15, -0.1) is 0 Å². The number of carbonyl (C=O) groups excluding carboxylic acids is 3. The minimum absolute atomic E-state index is 0.259. The van der Waals surface area contributed by atoms with Crippen LogP contribution in [0.5, 0.6) is 0 Å². The number of hydrazine groups is 1. The zero-order valence-corrected chi connectivity index (χ0v) is 12.9. The predicted molar refractivity (Wildman–Crippen MR) is 83.5 cm³/mol. The van der Waals surface area contributed by atoms with E-state index in [0.717, 1.165) is 6.42 Å². The minimum Gasteiger partial charge on any atom is -0.462 e. The van der Waals surface area contributed by atoms with Crippen LogP contribution in [0.1, 0.15) is 30.1 Å². The Morgan fingerprint density at radius 2 is 2.09 bits per heavy atom. The van der Waals surface area contributed by atoms with Gasteiger partial charge in [0.15, 0.2) is 0 Å². The largest absolute Gasteiger partial charge is 0.462 e. The fourth-order valence-electron chi connectivity index (χ4n) is 2.49. The maximum absolute atomic E-state index is 12.2. The summed E-state index contributed by atoms with van der Waals surface area (Å²) in [6.45, 7) is 2.44. The summed E-state index contributed by atoms with van der Waals surface area (Å²) in [5.41, 5.74) is 11.2. The molecular formula is C15H20N4O4. The van der Waals surface area contributed by atoms with Crippen LogP contribution in [0.2, 0.25) is 0 Å². The number of ether oxygens (including phenoxy) is 1. The molecule has 0 unspecified atom stereocenters. The maximum atomic E-state index is 12.2. The quantitative estimate of drug-likeness (QED) is 0.550. The Kier molecular flexibility index (Phi) is 5.40. The Balaban J connectivity index is 2.02. The molecule has 8 heteroatoms. The molecule has 1 aromatic carbocycles. The first kappa shape index (κ1) is 16.6. The summed E-state index contributed by atoms with van der Waals surface area (Å²) in [6.07, 6.45) is 1.27. The molecule has 3 amide bonds. The number of esters is 1. The lowest BCUT2D eigenvalue weighted by Crippen LogP contribution is -2.49. The van der Waals surface area contributed by atoms with Gasteiger partial charge in [-0.1, -0.05) is 12.1 Å². The third-order valence-corrected chi connectivity index (χ3v) is 3.58. The molecule has 0 spiro atoms. The first-order valence-corrected chi connectivity index (χ1v) is 7.42. The van der Waals surface area contributed by atoms with E-state index in [1.165, 1.54) is 4.90 Å². The smallest absolute Gasteiger partial charge is 0.340 e. The lowest BCUT2D eigenvalue weighted by molar-refractivity contribution is -0.124. The van der Waals surface area contributed by atoms with Crippen LogP contribution < -0.4 is 16.6 Å². The van der Waals surface area contributed by atoms with Crippen LogP contribution in [0, 0.1) is 0 Å². The van der Waals surface area contributed by atoms with E-state index >= 15 is 0 Å². The van der Waals surface area contributed by atoms with Gasteiger partial charge in [0, 0.05) is 6.54 Å². The van der Waals surface area contributed by atoms with E-state index in [4.69, 9.17) is 10.5 Å². The molecule has 1 aliphatic rings. The summed E-state index contributed by atoms with van der Waals surface area (Å²) in [7, 11) is 0. The highest BCUT2D eigenvalue weighted by molar-refractivity contribution is 5.96. The van der Waals surface area contributed by atoms with Crippen LogP contribution >= 0.6 is 0 Å². The van der Waals surface area contributed by atoms with Crippen molar-refractivity contribution in [1.82, 2.24) is 10.3 Å². The van der Waals surface area contributed by atoms with Crippen molar-refractivity contribution in [2.45, 2.75) is 25.8 Å². The molecule has 1 atom stereocenters. The zero-order valence-electron chi connectivity index (χ0n) is 12.9. The highest BCUT2D eigenvalue weighted by atomic mass is 16.5. The van der Waals surface area contributed by atoms with Gasteiger partial charge in [0.2, 0.25) is 0 Å². The number of anilines is 1. The first-order valence-electron chi connectivity index (χ1n) is 7.42. The van der Waals surface area contributed by atoms with E-state index in [0.29, 0.717) is 24.2 Å². The molecule has 0 saturated carbocycles. The summed E-state index contributed by atoms with van der Waals surface area (Å²) >= 11 is 0. The Morgan fingerprint density at radius 1 is 1.35 bits per heavy atom. The van der Waals surface area contributed by atoms with Gasteiger partial charge in [-0.3, -0.25) is 15.6 Å². The standard InChI is InChI=1S/C15H20N4O4/c1-2-23-14(21)10-6-3-4-7-11(10)17-18-13(20)12-8-5-9-19(12)15(16)22/h3-4,6-7,12,17H,2,5,8-9H2,1H3,(H2,16,22)(H,18,20)/t12-/m0/s1. The average molecular weight is 320 g/mol. The van der Waals surface area contributed by atoms with Crippen molar-refractivity contribution in [3.8, 4) is 0 Å². The molecule has 0 aliphatic carbocycles.